The molecule has 92 valence electrons. The van der Waals surface area contributed by atoms with E-state index >= 15 is 0 Å². The molecule has 0 fully saturated rings. The number of benzene rings is 1. The predicted molar refractivity (Wildman–Crippen MR) is 66.8 cm³/mol. The van der Waals surface area contributed by atoms with Crippen molar-refractivity contribution in [3.05, 3.63) is 30.6 Å². The van der Waals surface area contributed by atoms with Crippen LogP contribution >= 0.6 is 0 Å². The SMILES string of the molecule is CCOC(Cn1cnc2ccccc21)OCC. The summed E-state index contributed by atoms with van der Waals surface area (Å²) in [5, 5.41) is 0. The molecule has 0 saturated carbocycles. The first-order valence-electron chi connectivity index (χ1n) is 5.98. The Hall–Kier alpha value is -1.39. The summed E-state index contributed by atoms with van der Waals surface area (Å²) in [4.78, 5) is 4.34. The fourth-order valence-electron chi connectivity index (χ4n) is 1.84. The van der Waals surface area contributed by atoms with E-state index in [1.54, 1.807) is 0 Å². The molecule has 0 aliphatic rings. The van der Waals surface area contributed by atoms with Gasteiger partial charge in [-0.25, -0.2) is 4.98 Å². The molecule has 1 aromatic carbocycles. The Kier molecular flexibility index (Phi) is 4.12. The zero-order valence-corrected chi connectivity index (χ0v) is 10.3. The molecule has 0 atom stereocenters. The van der Waals surface area contributed by atoms with Gasteiger partial charge in [-0.3, -0.25) is 0 Å². The summed E-state index contributed by atoms with van der Waals surface area (Å²) in [6.45, 7) is 5.91. The first-order valence-corrected chi connectivity index (χ1v) is 5.98. The lowest BCUT2D eigenvalue weighted by molar-refractivity contribution is -0.143. The van der Waals surface area contributed by atoms with Crippen LogP contribution in [0.5, 0.6) is 0 Å². The van der Waals surface area contributed by atoms with Gasteiger partial charge in [0.15, 0.2) is 6.29 Å². The lowest BCUT2D eigenvalue weighted by Crippen LogP contribution is -2.23. The minimum atomic E-state index is -0.206. The van der Waals surface area contributed by atoms with Crippen molar-refractivity contribution in [2.24, 2.45) is 0 Å². The van der Waals surface area contributed by atoms with Crippen molar-refractivity contribution in [2.75, 3.05) is 13.2 Å². The smallest absolute Gasteiger partial charge is 0.175 e. The molecule has 0 unspecified atom stereocenters. The minimum absolute atomic E-state index is 0.206. The van der Waals surface area contributed by atoms with Crippen LogP contribution in [0.2, 0.25) is 0 Å². The van der Waals surface area contributed by atoms with Crippen LogP contribution in [0.1, 0.15) is 13.8 Å². The molecular formula is C13H18N2O2. The number of hydrogen-bond acceptors (Lipinski definition) is 3. The van der Waals surface area contributed by atoms with Gasteiger partial charge in [0.25, 0.3) is 0 Å². The van der Waals surface area contributed by atoms with E-state index < -0.39 is 0 Å². The van der Waals surface area contributed by atoms with Gasteiger partial charge in [0.2, 0.25) is 0 Å². The monoisotopic (exact) mass is 234 g/mol. The van der Waals surface area contributed by atoms with Gasteiger partial charge in [-0.1, -0.05) is 12.1 Å². The second-order valence-electron chi connectivity index (χ2n) is 3.73. The fourth-order valence-corrected chi connectivity index (χ4v) is 1.84. The third-order valence-corrected chi connectivity index (χ3v) is 2.58. The molecule has 17 heavy (non-hydrogen) atoms. The Morgan fingerprint density at radius 1 is 1.18 bits per heavy atom. The van der Waals surface area contributed by atoms with Crippen LogP contribution in [-0.2, 0) is 16.0 Å². The normalized spacial score (nSPS) is 11.5. The van der Waals surface area contributed by atoms with Gasteiger partial charge < -0.3 is 14.0 Å². The first kappa shape index (κ1) is 12.1. The van der Waals surface area contributed by atoms with E-state index in [2.05, 4.69) is 15.6 Å². The van der Waals surface area contributed by atoms with Gasteiger partial charge in [-0.15, -0.1) is 0 Å². The van der Waals surface area contributed by atoms with E-state index in [4.69, 9.17) is 9.47 Å². The Balaban J connectivity index is 2.15. The second kappa shape index (κ2) is 5.80. The van der Waals surface area contributed by atoms with E-state index in [-0.39, 0.29) is 6.29 Å². The number of rotatable bonds is 6. The Morgan fingerprint density at radius 2 is 1.88 bits per heavy atom. The Labute approximate surface area is 101 Å². The topological polar surface area (TPSA) is 36.3 Å². The van der Waals surface area contributed by atoms with Gasteiger partial charge >= 0.3 is 0 Å². The Bertz CT molecular complexity index is 461. The molecule has 0 aliphatic carbocycles. The zero-order valence-electron chi connectivity index (χ0n) is 10.3. The highest BCUT2D eigenvalue weighted by atomic mass is 16.7. The van der Waals surface area contributed by atoms with Crippen LogP contribution in [0, 0.1) is 0 Å². The fraction of sp³-hybridized carbons (Fsp3) is 0.462. The highest BCUT2D eigenvalue weighted by Gasteiger charge is 2.10. The average molecular weight is 234 g/mol. The largest absolute Gasteiger partial charge is 0.351 e. The van der Waals surface area contributed by atoms with Gasteiger partial charge in [-0.05, 0) is 26.0 Å². The van der Waals surface area contributed by atoms with Gasteiger partial charge in [0.1, 0.15) is 0 Å². The van der Waals surface area contributed by atoms with Crippen molar-refractivity contribution in [1.82, 2.24) is 9.55 Å². The quantitative estimate of drug-likeness (QED) is 0.720. The van der Waals surface area contributed by atoms with E-state index in [0.29, 0.717) is 19.8 Å². The molecule has 2 aromatic rings. The lowest BCUT2D eigenvalue weighted by atomic mass is 10.3. The molecule has 0 radical (unpaired) electrons. The molecule has 0 aliphatic heterocycles. The number of para-hydroxylation sites is 2. The van der Waals surface area contributed by atoms with Crippen LogP contribution < -0.4 is 0 Å². The molecule has 4 nitrogen and oxygen atoms in total. The summed E-state index contributed by atoms with van der Waals surface area (Å²) >= 11 is 0. The van der Waals surface area contributed by atoms with Crippen molar-refractivity contribution < 1.29 is 9.47 Å². The lowest BCUT2D eigenvalue weighted by Gasteiger charge is -2.17. The third-order valence-electron chi connectivity index (χ3n) is 2.58. The van der Waals surface area contributed by atoms with E-state index in [9.17, 15) is 0 Å². The molecule has 2 rings (SSSR count). The van der Waals surface area contributed by atoms with Gasteiger partial charge in [0.05, 0.1) is 23.9 Å². The maximum atomic E-state index is 5.53. The van der Waals surface area contributed by atoms with Crippen molar-refractivity contribution in [3.63, 3.8) is 0 Å². The van der Waals surface area contributed by atoms with Gasteiger partial charge in [-0.2, -0.15) is 0 Å². The highest BCUT2D eigenvalue weighted by Crippen LogP contribution is 2.13. The molecule has 0 saturated heterocycles. The number of hydrogen-bond donors (Lipinski definition) is 0. The van der Waals surface area contributed by atoms with Crippen molar-refractivity contribution >= 4 is 11.0 Å². The van der Waals surface area contributed by atoms with Crippen LogP contribution in [0.25, 0.3) is 11.0 Å². The standard InChI is InChI=1S/C13H18N2O2/c1-3-16-13(17-4-2)9-15-10-14-11-7-5-6-8-12(11)15/h5-8,10,13H,3-4,9H2,1-2H3. The first-order chi connectivity index (χ1) is 8.35. The summed E-state index contributed by atoms with van der Waals surface area (Å²) in [5.74, 6) is 0. The van der Waals surface area contributed by atoms with Crippen LogP contribution in [0.15, 0.2) is 30.6 Å². The molecule has 0 bridgehead atoms. The van der Waals surface area contributed by atoms with Crippen molar-refractivity contribution in [1.29, 1.82) is 0 Å². The molecule has 4 heteroatoms. The third kappa shape index (κ3) is 2.84. The van der Waals surface area contributed by atoms with Gasteiger partial charge in [0, 0.05) is 13.2 Å². The van der Waals surface area contributed by atoms with E-state index in [1.807, 2.05) is 38.4 Å². The number of aromatic nitrogens is 2. The maximum absolute atomic E-state index is 5.53. The van der Waals surface area contributed by atoms with Crippen LogP contribution in [0.4, 0.5) is 0 Å². The van der Waals surface area contributed by atoms with E-state index in [1.165, 1.54) is 0 Å². The van der Waals surface area contributed by atoms with Crippen molar-refractivity contribution in [2.45, 2.75) is 26.7 Å². The summed E-state index contributed by atoms with van der Waals surface area (Å²) in [6, 6.07) is 8.05. The predicted octanol–water partition coefficient (Wildman–Crippen LogP) is 2.44. The van der Waals surface area contributed by atoms with E-state index in [0.717, 1.165) is 11.0 Å². The molecule has 0 N–H and O–H groups in total. The summed E-state index contributed by atoms with van der Waals surface area (Å²) in [6.07, 6.45) is 1.62. The number of ether oxygens (including phenoxy) is 2. The number of fused-ring (bicyclic) bond motifs is 1. The molecular weight excluding hydrogens is 216 g/mol. The Morgan fingerprint density at radius 3 is 2.59 bits per heavy atom. The summed E-state index contributed by atoms with van der Waals surface area (Å²) in [7, 11) is 0. The maximum Gasteiger partial charge on any atom is 0.175 e. The van der Waals surface area contributed by atoms with Crippen molar-refractivity contribution in [3.8, 4) is 0 Å². The second-order valence-corrected chi connectivity index (χ2v) is 3.73. The zero-order chi connectivity index (χ0) is 12.1. The summed E-state index contributed by atoms with van der Waals surface area (Å²) < 4.78 is 13.1. The molecule has 0 amide bonds. The summed E-state index contributed by atoms with van der Waals surface area (Å²) in [5.41, 5.74) is 2.11. The highest BCUT2D eigenvalue weighted by molar-refractivity contribution is 5.74. The van der Waals surface area contributed by atoms with Crippen LogP contribution in [-0.4, -0.2) is 29.1 Å². The average Bonchev–Trinajstić information content (AvgIpc) is 2.74. The molecule has 1 aromatic heterocycles. The minimum Gasteiger partial charge on any atom is -0.351 e. The number of nitrogens with zero attached hydrogens (tertiary/aromatic N) is 2. The van der Waals surface area contributed by atoms with Crippen LogP contribution in [0.3, 0.4) is 0 Å². The molecule has 0 spiro atoms. The number of imidazole rings is 1. The molecule has 1 heterocycles.